The van der Waals surface area contributed by atoms with Gasteiger partial charge in [0.15, 0.2) is 5.82 Å². The third-order valence-electron chi connectivity index (χ3n) is 3.12. The Morgan fingerprint density at radius 2 is 2.19 bits per heavy atom. The fourth-order valence-electron chi connectivity index (χ4n) is 1.68. The maximum Gasteiger partial charge on any atom is 0.258 e. The Hall–Kier alpha value is -2.61. The molecule has 8 nitrogen and oxygen atoms in total. The summed E-state index contributed by atoms with van der Waals surface area (Å²) in [7, 11) is 1.60. The lowest BCUT2D eigenvalue weighted by atomic mass is 10.1. The Kier molecular flexibility index (Phi) is 3.22. The van der Waals surface area contributed by atoms with Crippen molar-refractivity contribution in [1.29, 1.82) is 0 Å². The first-order chi connectivity index (χ1) is 10.1. The first kappa shape index (κ1) is 13.4. The molecule has 8 heteroatoms. The quantitative estimate of drug-likeness (QED) is 0.719. The number of hydrogen-bond donors (Lipinski definition) is 0. The van der Waals surface area contributed by atoms with Crippen LogP contribution in [-0.2, 0) is 10.3 Å². The van der Waals surface area contributed by atoms with Crippen molar-refractivity contribution in [1.82, 2.24) is 29.9 Å². The Bertz CT molecular complexity index is 735. The molecule has 0 fully saturated rings. The molecule has 0 aliphatic carbocycles. The zero-order valence-electron chi connectivity index (χ0n) is 11.9. The number of aromatic nitrogens is 6. The molecule has 0 saturated heterocycles. The average Bonchev–Trinajstić information content (AvgIpc) is 3.19. The molecule has 0 bridgehead atoms. The first-order valence-electron chi connectivity index (χ1n) is 6.31. The van der Waals surface area contributed by atoms with Crippen LogP contribution in [0.1, 0.15) is 19.7 Å². The van der Waals surface area contributed by atoms with E-state index < -0.39 is 5.60 Å². The van der Waals surface area contributed by atoms with Crippen LogP contribution in [0.4, 0.5) is 0 Å². The smallest absolute Gasteiger partial charge is 0.258 e. The van der Waals surface area contributed by atoms with Gasteiger partial charge in [0.25, 0.3) is 5.89 Å². The van der Waals surface area contributed by atoms with Crippen molar-refractivity contribution in [3.63, 3.8) is 0 Å². The van der Waals surface area contributed by atoms with Gasteiger partial charge < -0.3 is 9.26 Å². The van der Waals surface area contributed by atoms with Gasteiger partial charge in [0, 0.05) is 18.9 Å². The van der Waals surface area contributed by atoms with Crippen LogP contribution in [0, 0.1) is 0 Å². The molecule has 3 aromatic rings. The summed E-state index contributed by atoms with van der Waals surface area (Å²) in [6, 6.07) is 3.59. The van der Waals surface area contributed by atoms with Crippen LogP contribution >= 0.6 is 0 Å². The topological polar surface area (TPSA) is 91.8 Å². The van der Waals surface area contributed by atoms with Crippen molar-refractivity contribution >= 4 is 0 Å². The van der Waals surface area contributed by atoms with Gasteiger partial charge in [0.2, 0.25) is 5.82 Å². The molecule has 0 aromatic carbocycles. The second kappa shape index (κ2) is 5.06. The van der Waals surface area contributed by atoms with Crippen LogP contribution in [0.2, 0.25) is 0 Å². The molecule has 0 radical (unpaired) electrons. The van der Waals surface area contributed by atoms with E-state index in [0.29, 0.717) is 17.5 Å². The molecule has 0 aliphatic rings. The lowest BCUT2D eigenvalue weighted by molar-refractivity contribution is 0.00973. The molecule has 3 aromatic heterocycles. The van der Waals surface area contributed by atoms with Gasteiger partial charge in [-0.25, -0.2) is 14.6 Å². The van der Waals surface area contributed by atoms with Gasteiger partial charge in [0.1, 0.15) is 18.3 Å². The van der Waals surface area contributed by atoms with Crippen LogP contribution < -0.4 is 0 Å². The minimum atomic E-state index is -0.608. The number of nitrogens with zero attached hydrogens (tertiary/aromatic N) is 6. The third-order valence-corrected chi connectivity index (χ3v) is 3.12. The molecule has 108 valence electrons. The van der Waals surface area contributed by atoms with Gasteiger partial charge in [-0.3, -0.25) is 0 Å². The van der Waals surface area contributed by atoms with Crippen molar-refractivity contribution in [2.75, 3.05) is 7.11 Å². The van der Waals surface area contributed by atoms with Crippen LogP contribution in [0.15, 0.2) is 35.5 Å². The van der Waals surface area contributed by atoms with E-state index in [9.17, 15) is 0 Å². The lowest BCUT2D eigenvalue weighted by Gasteiger charge is -2.17. The summed E-state index contributed by atoms with van der Waals surface area (Å²) in [4.78, 5) is 12.5. The summed E-state index contributed by atoms with van der Waals surface area (Å²) in [6.45, 7) is 3.74. The highest BCUT2D eigenvalue weighted by atomic mass is 16.5. The number of methoxy groups -OCH3 is 1. The Morgan fingerprint density at radius 3 is 2.90 bits per heavy atom. The van der Waals surface area contributed by atoms with Crippen LogP contribution in [0.25, 0.3) is 17.3 Å². The molecule has 3 rings (SSSR count). The second-order valence-electron chi connectivity index (χ2n) is 4.88. The molecule has 0 saturated carbocycles. The molecule has 0 aliphatic heterocycles. The number of rotatable bonds is 4. The number of hydrogen-bond acceptors (Lipinski definition) is 7. The molecule has 3 heterocycles. The molecule has 21 heavy (non-hydrogen) atoms. The number of pyridine rings is 1. The number of ether oxygens (including phenoxy) is 1. The van der Waals surface area contributed by atoms with E-state index in [4.69, 9.17) is 9.26 Å². The van der Waals surface area contributed by atoms with Crippen LogP contribution in [0.3, 0.4) is 0 Å². The fraction of sp³-hybridized carbons (Fsp3) is 0.308. The van der Waals surface area contributed by atoms with Gasteiger partial charge in [-0.1, -0.05) is 5.16 Å². The fourth-order valence-corrected chi connectivity index (χ4v) is 1.68. The van der Waals surface area contributed by atoms with Gasteiger partial charge in [-0.05, 0) is 26.0 Å². The highest BCUT2D eigenvalue weighted by Gasteiger charge is 2.26. The van der Waals surface area contributed by atoms with E-state index in [0.717, 1.165) is 5.56 Å². The van der Waals surface area contributed by atoms with E-state index in [1.807, 2.05) is 13.8 Å². The summed E-state index contributed by atoms with van der Waals surface area (Å²) in [5.41, 5.74) is 0.143. The zero-order valence-corrected chi connectivity index (χ0v) is 11.9. The predicted molar refractivity (Wildman–Crippen MR) is 72.5 cm³/mol. The van der Waals surface area contributed by atoms with Crippen LogP contribution in [0.5, 0.6) is 0 Å². The van der Waals surface area contributed by atoms with Crippen molar-refractivity contribution in [3.8, 4) is 17.3 Å². The molecular formula is C13H14N6O2. The van der Waals surface area contributed by atoms with E-state index in [-0.39, 0.29) is 0 Å². The maximum absolute atomic E-state index is 5.34. The monoisotopic (exact) mass is 286 g/mol. The Balaban J connectivity index is 1.96. The van der Waals surface area contributed by atoms with Gasteiger partial charge >= 0.3 is 0 Å². The van der Waals surface area contributed by atoms with Crippen molar-refractivity contribution < 1.29 is 9.26 Å². The van der Waals surface area contributed by atoms with Crippen molar-refractivity contribution in [2.24, 2.45) is 0 Å². The molecule has 0 atom stereocenters. The zero-order chi connectivity index (χ0) is 14.9. The maximum atomic E-state index is 5.34. The van der Waals surface area contributed by atoms with Crippen LogP contribution in [-0.4, -0.2) is 37.0 Å². The molecule has 0 amide bonds. The first-order valence-corrected chi connectivity index (χ1v) is 6.31. The third kappa shape index (κ3) is 2.52. The van der Waals surface area contributed by atoms with E-state index in [1.54, 1.807) is 36.4 Å². The highest BCUT2D eigenvalue weighted by molar-refractivity contribution is 5.54. The largest absolute Gasteiger partial charge is 0.371 e. The summed E-state index contributed by atoms with van der Waals surface area (Å²) < 4.78 is 12.2. The standard InChI is InChI=1S/C13H14N6O2/c1-13(2,20-3)12-17-11(21-18-12)9-4-5-15-10(6-9)19-8-14-7-16-19/h4-8H,1-3H3. The molecule has 0 unspecified atom stereocenters. The Labute approximate surface area is 120 Å². The van der Waals surface area contributed by atoms with E-state index in [1.165, 1.54) is 6.33 Å². The van der Waals surface area contributed by atoms with E-state index >= 15 is 0 Å². The Morgan fingerprint density at radius 1 is 1.33 bits per heavy atom. The summed E-state index contributed by atoms with van der Waals surface area (Å²) in [6.07, 6.45) is 4.66. The molecule has 0 N–H and O–H groups in total. The lowest BCUT2D eigenvalue weighted by Crippen LogP contribution is -2.21. The van der Waals surface area contributed by atoms with E-state index in [2.05, 4.69) is 25.2 Å². The average molecular weight is 286 g/mol. The molecule has 0 spiro atoms. The summed E-state index contributed by atoms with van der Waals surface area (Å²) in [5.74, 6) is 1.51. The normalized spacial score (nSPS) is 11.8. The minimum Gasteiger partial charge on any atom is -0.371 e. The predicted octanol–water partition coefficient (Wildman–Crippen LogP) is 1.59. The molecular weight excluding hydrogens is 272 g/mol. The minimum absolute atomic E-state index is 0.402. The second-order valence-corrected chi connectivity index (χ2v) is 4.88. The SMILES string of the molecule is COC(C)(C)c1noc(-c2ccnc(-n3cncn3)c2)n1. The van der Waals surface area contributed by atoms with Gasteiger partial charge in [-0.15, -0.1) is 0 Å². The summed E-state index contributed by atoms with van der Waals surface area (Å²) >= 11 is 0. The highest BCUT2D eigenvalue weighted by Crippen LogP contribution is 2.25. The summed E-state index contributed by atoms with van der Waals surface area (Å²) in [5, 5.41) is 8.00. The van der Waals surface area contributed by atoms with Gasteiger partial charge in [-0.2, -0.15) is 10.1 Å². The van der Waals surface area contributed by atoms with Crippen molar-refractivity contribution in [2.45, 2.75) is 19.4 Å². The van der Waals surface area contributed by atoms with Crippen molar-refractivity contribution in [3.05, 3.63) is 36.8 Å². The van der Waals surface area contributed by atoms with Gasteiger partial charge in [0.05, 0.1) is 0 Å².